The minimum atomic E-state index is 0.577. The first-order chi connectivity index (χ1) is 12.3. The molecule has 2 rings (SSSR count). The monoisotopic (exact) mass is 352 g/mol. The van der Waals surface area contributed by atoms with Gasteiger partial charge in [-0.1, -0.05) is 6.92 Å². The molecule has 1 aliphatic heterocycles. The molecule has 25 heavy (non-hydrogen) atoms. The standard InChI is InChI=1S/C17H32N6O2/c1-3-16-22-21-14-23(16)9-8-20-17(18-4-2)19-7-5-10-24-12-15-6-11-25-13-15/h14-15H,3-13H2,1-2H3,(H2,18,19,20). The van der Waals surface area contributed by atoms with Crippen LogP contribution < -0.4 is 10.6 Å². The highest BCUT2D eigenvalue weighted by molar-refractivity contribution is 5.79. The number of ether oxygens (including phenoxy) is 2. The van der Waals surface area contributed by atoms with Crippen molar-refractivity contribution in [1.82, 2.24) is 25.4 Å². The number of hydrogen-bond donors (Lipinski definition) is 2. The molecule has 1 aromatic rings. The second-order valence-electron chi connectivity index (χ2n) is 6.14. The summed E-state index contributed by atoms with van der Waals surface area (Å²) in [6, 6.07) is 0. The van der Waals surface area contributed by atoms with Gasteiger partial charge in [-0.25, -0.2) is 0 Å². The van der Waals surface area contributed by atoms with Crippen LogP contribution in [0.4, 0.5) is 0 Å². The second kappa shape index (κ2) is 11.8. The van der Waals surface area contributed by atoms with Crippen LogP contribution in [0.5, 0.6) is 0 Å². The Morgan fingerprint density at radius 3 is 3.12 bits per heavy atom. The fourth-order valence-electron chi connectivity index (χ4n) is 2.70. The molecule has 8 nitrogen and oxygen atoms in total. The van der Waals surface area contributed by atoms with Crippen LogP contribution in [-0.4, -0.2) is 66.8 Å². The van der Waals surface area contributed by atoms with Gasteiger partial charge in [-0.15, -0.1) is 10.2 Å². The van der Waals surface area contributed by atoms with Gasteiger partial charge in [0.25, 0.3) is 0 Å². The van der Waals surface area contributed by atoms with Gasteiger partial charge in [0.05, 0.1) is 13.2 Å². The Labute approximate surface area is 150 Å². The fourth-order valence-corrected chi connectivity index (χ4v) is 2.70. The van der Waals surface area contributed by atoms with Crippen LogP contribution in [0.3, 0.4) is 0 Å². The lowest BCUT2D eigenvalue weighted by atomic mass is 10.1. The lowest BCUT2D eigenvalue weighted by Gasteiger charge is -2.12. The van der Waals surface area contributed by atoms with Gasteiger partial charge >= 0.3 is 0 Å². The summed E-state index contributed by atoms with van der Waals surface area (Å²) in [5, 5.41) is 14.7. The molecule has 1 atom stereocenters. The van der Waals surface area contributed by atoms with Crippen molar-refractivity contribution >= 4 is 5.96 Å². The summed E-state index contributed by atoms with van der Waals surface area (Å²) in [5.41, 5.74) is 0. The Hall–Kier alpha value is -1.67. The molecule has 0 aliphatic carbocycles. The van der Waals surface area contributed by atoms with Gasteiger partial charge in [-0.05, 0) is 19.8 Å². The average Bonchev–Trinajstić information content (AvgIpc) is 3.29. The minimum Gasteiger partial charge on any atom is -0.381 e. The van der Waals surface area contributed by atoms with E-state index in [2.05, 4.69) is 44.2 Å². The Balaban J connectivity index is 1.60. The van der Waals surface area contributed by atoms with Gasteiger partial charge in [0.2, 0.25) is 0 Å². The Morgan fingerprint density at radius 1 is 1.44 bits per heavy atom. The normalized spacial score (nSPS) is 17.8. The first-order valence-electron chi connectivity index (χ1n) is 9.37. The molecule has 0 aromatic carbocycles. The number of aryl methyl sites for hydroxylation is 1. The molecule has 1 fully saturated rings. The predicted molar refractivity (Wildman–Crippen MR) is 97.7 cm³/mol. The summed E-state index contributed by atoms with van der Waals surface area (Å²) >= 11 is 0. The van der Waals surface area contributed by atoms with E-state index in [0.717, 1.165) is 83.7 Å². The highest BCUT2D eigenvalue weighted by Crippen LogP contribution is 2.12. The van der Waals surface area contributed by atoms with Crippen molar-refractivity contribution in [1.29, 1.82) is 0 Å². The molecule has 0 radical (unpaired) electrons. The molecule has 1 aromatic heterocycles. The molecule has 0 amide bonds. The van der Waals surface area contributed by atoms with E-state index in [0.29, 0.717) is 5.92 Å². The van der Waals surface area contributed by atoms with Crippen LogP contribution in [0, 0.1) is 5.92 Å². The van der Waals surface area contributed by atoms with Crippen LogP contribution in [0.2, 0.25) is 0 Å². The quantitative estimate of drug-likeness (QED) is 0.349. The molecular formula is C17H32N6O2. The largest absolute Gasteiger partial charge is 0.381 e. The molecule has 2 heterocycles. The summed E-state index contributed by atoms with van der Waals surface area (Å²) in [6.07, 6.45) is 4.72. The van der Waals surface area contributed by atoms with Gasteiger partial charge in [-0.3, -0.25) is 4.99 Å². The third-order valence-electron chi connectivity index (χ3n) is 4.10. The first kappa shape index (κ1) is 19.7. The van der Waals surface area contributed by atoms with Crippen LogP contribution in [-0.2, 0) is 22.4 Å². The molecule has 0 spiro atoms. The smallest absolute Gasteiger partial charge is 0.191 e. The van der Waals surface area contributed by atoms with E-state index in [1.165, 1.54) is 0 Å². The molecule has 0 saturated carbocycles. The Bertz CT molecular complexity index is 499. The molecule has 1 aliphatic rings. The number of guanidine groups is 1. The lowest BCUT2D eigenvalue weighted by molar-refractivity contribution is 0.0893. The number of nitrogens with zero attached hydrogens (tertiary/aromatic N) is 4. The van der Waals surface area contributed by atoms with Gasteiger partial charge in [0, 0.05) is 51.7 Å². The Kier molecular flexibility index (Phi) is 9.28. The van der Waals surface area contributed by atoms with E-state index >= 15 is 0 Å². The molecule has 142 valence electrons. The van der Waals surface area contributed by atoms with E-state index in [4.69, 9.17) is 9.47 Å². The van der Waals surface area contributed by atoms with Crippen molar-refractivity contribution in [2.75, 3.05) is 46.1 Å². The van der Waals surface area contributed by atoms with Crippen molar-refractivity contribution in [3.63, 3.8) is 0 Å². The molecule has 0 bridgehead atoms. The molecule has 8 heteroatoms. The summed E-state index contributed by atoms with van der Waals surface area (Å²) in [5.74, 6) is 2.43. The summed E-state index contributed by atoms with van der Waals surface area (Å²) < 4.78 is 13.1. The number of nitrogens with one attached hydrogen (secondary N) is 2. The fraction of sp³-hybridized carbons (Fsp3) is 0.824. The van der Waals surface area contributed by atoms with E-state index in [1.807, 2.05) is 0 Å². The van der Waals surface area contributed by atoms with Gasteiger partial charge < -0.3 is 24.7 Å². The van der Waals surface area contributed by atoms with Crippen LogP contribution in [0.1, 0.15) is 32.5 Å². The van der Waals surface area contributed by atoms with E-state index < -0.39 is 0 Å². The topological polar surface area (TPSA) is 85.6 Å². The molecule has 1 unspecified atom stereocenters. The van der Waals surface area contributed by atoms with Crippen LogP contribution in [0.25, 0.3) is 0 Å². The maximum atomic E-state index is 5.71. The summed E-state index contributed by atoms with van der Waals surface area (Å²) in [7, 11) is 0. The second-order valence-corrected chi connectivity index (χ2v) is 6.14. The maximum Gasteiger partial charge on any atom is 0.191 e. The number of aliphatic imine (C=N–C) groups is 1. The Morgan fingerprint density at radius 2 is 2.36 bits per heavy atom. The van der Waals surface area contributed by atoms with Crippen LogP contribution in [0.15, 0.2) is 11.3 Å². The van der Waals surface area contributed by atoms with Crippen LogP contribution >= 0.6 is 0 Å². The summed E-state index contributed by atoms with van der Waals surface area (Å²) in [4.78, 5) is 4.59. The lowest BCUT2D eigenvalue weighted by Crippen LogP contribution is -2.39. The first-order valence-corrected chi connectivity index (χ1v) is 9.37. The molecule has 2 N–H and O–H groups in total. The van der Waals surface area contributed by atoms with Crippen molar-refractivity contribution in [3.8, 4) is 0 Å². The van der Waals surface area contributed by atoms with Crippen molar-refractivity contribution < 1.29 is 9.47 Å². The van der Waals surface area contributed by atoms with E-state index in [-0.39, 0.29) is 0 Å². The highest BCUT2D eigenvalue weighted by atomic mass is 16.5. The SMILES string of the molecule is CCNC(=NCCCOCC1CCOC1)NCCn1cnnc1CC. The zero-order valence-electron chi connectivity index (χ0n) is 15.5. The number of rotatable bonds is 11. The average molecular weight is 352 g/mol. The summed E-state index contributed by atoms with van der Waals surface area (Å²) in [6.45, 7) is 10.6. The van der Waals surface area contributed by atoms with Crippen molar-refractivity contribution in [2.45, 2.75) is 39.7 Å². The zero-order chi connectivity index (χ0) is 17.7. The molecule has 1 saturated heterocycles. The minimum absolute atomic E-state index is 0.577. The van der Waals surface area contributed by atoms with Crippen molar-refractivity contribution in [3.05, 3.63) is 12.2 Å². The number of aromatic nitrogens is 3. The van der Waals surface area contributed by atoms with Gasteiger partial charge in [-0.2, -0.15) is 0 Å². The predicted octanol–water partition coefficient (Wildman–Crippen LogP) is 0.839. The molecular weight excluding hydrogens is 320 g/mol. The van der Waals surface area contributed by atoms with Gasteiger partial charge in [0.1, 0.15) is 12.2 Å². The van der Waals surface area contributed by atoms with Gasteiger partial charge in [0.15, 0.2) is 5.96 Å². The van der Waals surface area contributed by atoms with E-state index in [9.17, 15) is 0 Å². The van der Waals surface area contributed by atoms with Crippen molar-refractivity contribution in [2.24, 2.45) is 10.9 Å². The number of hydrogen-bond acceptors (Lipinski definition) is 5. The third kappa shape index (κ3) is 7.39. The third-order valence-corrected chi connectivity index (χ3v) is 4.10. The van der Waals surface area contributed by atoms with E-state index in [1.54, 1.807) is 6.33 Å². The maximum absolute atomic E-state index is 5.71. The zero-order valence-corrected chi connectivity index (χ0v) is 15.5. The highest BCUT2D eigenvalue weighted by Gasteiger charge is 2.15.